The van der Waals surface area contributed by atoms with E-state index >= 15 is 0 Å². The zero-order valence-electron chi connectivity index (χ0n) is 5.67. The molecule has 1 fully saturated rings. The standard InChI is InChI=1S/C6H11NO2.ClH/c8-6(9)3-5-1-2-7-4-5;/h5,7H,1-4H2,(H,8,9);1H/t5-;/m0./s1. The highest BCUT2D eigenvalue weighted by atomic mass is 35.5. The molecular formula is C6H12ClNO2. The van der Waals surface area contributed by atoms with Gasteiger partial charge in [-0.2, -0.15) is 0 Å². The molecule has 0 spiro atoms. The molecule has 1 rings (SSSR count). The van der Waals surface area contributed by atoms with Crippen LogP contribution in [-0.2, 0) is 4.79 Å². The Kier molecular flexibility index (Phi) is 4.40. The highest BCUT2D eigenvalue weighted by Crippen LogP contribution is 2.10. The summed E-state index contributed by atoms with van der Waals surface area (Å²) in [6, 6.07) is 0. The lowest BCUT2D eigenvalue weighted by Gasteiger charge is -2.00. The zero-order valence-corrected chi connectivity index (χ0v) is 6.49. The Morgan fingerprint density at radius 3 is 2.80 bits per heavy atom. The molecule has 1 saturated heterocycles. The third-order valence-corrected chi connectivity index (χ3v) is 1.63. The Balaban J connectivity index is 0.000000810. The quantitative estimate of drug-likeness (QED) is 0.626. The fraction of sp³-hybridized carbons (Fsp3) is 0.833. The molecule has 0 aromatic carbocycles. The van der Waals surface area contributed by atoms with Gasteiger partial charge in [0.05, 0.1) is 0 Å². The molecule has 1 atom stereocenters. The van der Waals surface area contributed by atoms with E-state index in [-0.39, 0.29) is 12.4 Å². The summed E-state index contributed by atoms with van der Waals surface area (Å²) in [6.45, 7) is 1.87. The van der Waals surface area contributed by atoms with E-state index < -0.39 is 5.97 Å². The fourth-order valence-electron chi connectivity index (χ4n) is 1.14. The van der Waals surface area contributed by atoms with Gasteiger partial charge in [-0.25, -0.2) is 0 Å². The fourth-order valence-corrected chi connectivity index (χ4v) is 1.14. The van der Waals surface area contributed by atoms with Crippen LogP contribution in [0.3, 0.4) is 0 Å². The maximum atomic E-state index is 10.1. The predicted octanol–water partition coefficient (Wildman–Crippen LogP) is 0.492. The van der Waals surface area contributed by atoms with Crippen LogP contribution in [0.4, 0.5) is 0 Å². The third-order valence-electron chi connectivity index (χ3n) is 1.63. The summed E-state index contributed by atoms with van der Waals surface area (Å²) >= 11 is 0. The second kappa shape index (κ2) is 4.52. The normalized spacial score (nSPS) is 23.8. The van der Waals surface area contributed by atoms with E-state index in [9.17, 15) is 4.79 Å². The van der Waals surface area contributed by atoms with E-state index in [1.807, 2.05) is 0 Å². The Hall–Kier alpha value is -0.280. The second-order valence-corrected chi connectivity index (χ2v) is 2.46. The Morgan fingerprint density at radius 2 is 2.40 bits per heavy atom. The van der Waals surface area contributed by atoms with Crippen molar-refractivity contribution in [1.29, 1.82) is 0 Å². The van der Waals surface area contributed by atoms with Gasteiger partial charge in [-0.3, -0.25) is 4.79 Å². The molecule has 10 heavy (non-hydrogen) atoms. The number of nitrogens with one attached hydrogen (secondary N) is 1. The first-order valence-electron chi connectivity index (χ1n) is 3.21. The van der Waals surface area contributed by atoms with Gasteiger partial charge in [0.25, 0.3) is 0 Å². The molecule has 0 aliphatic carbocycles. The molecule has 3 nitrogen and oxygen atoms in total. The van der Waals surface area contributed by atoms with Crippen LogP contribution in [-0.4, -0.2) is 24.2 Å². The topological polar surface area (TPSA) is 49.3 Å². The molecule has 0 amide bonds. The van der Waals surface area contributed by atoms with Crippen LogP contribution >= 0.6 is 12.4 Å². The number of aliphatic carboxylic acids is 1. The van der Waals surface area contributed by atoms with Crippen molar-refractivity contribution in [3.63, 3.8) is 0 Å². The first kappa shape index (κ1) is 9.72. The average molecular weight is 166 g/mol. The second-order valence-electron chi connectivity index (χ2n) is 2.46. The number of carbonyl (C=O) groups is 1. The minimum Gasteiger partial charge on any atom is -0.481 e. The summed E-state index contributed by atoms with van der Waals surface area (Å²) in [7, 11) is 0. The van der Waals surface area contributed by atoms with E-state index in [1.165, 1.54) is 0 Å². The molecule has 1 aliphatic heterocycles. The Labute approximate surface area is 66.2 Å². The summed E-state index contributed by atoms with van der Waals surface area (Å²) in [4.78, 5) is 10.1. The van der Waals surface area contributed by atoms with Gasteiger partial charge in [0.1, 0.15) is 0 Å². The first-order chi connectivity index (χ1) is 4.29. The van der Waals surface area contributed by atoms with Crippen LogP contribution in [0, 0.1) is 5.92 Å². The molecule has 0 aromatic heterocycles. The minimum absolute atomic E-state index is 0. The molecule has 0 radical (unpaired) electrons. The van der Waals surface area contributed by atoms with Gasteiger partial charge in [-0.05, 0) is 25.4 Å². The number of carboxylic acid groups (broad SMARTS) is 1. The molecule has 0 aromatic rings. The van der Waals surface area contributed by atoms with Gasteiger partial charge in [-0.15, -0.1) is 12.4 Å². The van der Waals surface area contributed by atoms with Gasteiger partial charge >= 0.3 is 5.97 Å². The van der Waals surface area contributed by atoms with Crippen molar-refractivity contribution in [3.05, 3.63) is 0 Å². The van der Waals surface area contributed by atoms with Crippen LogP contribution in [0.5, 0.6) is 0 Å². The van der Waals surface area contributed by atoms with Crippen LogP contribution in [0.25, 0.3) is 0 Å². The molecule has 0 unspecified atom stereocenters. The van der Waals surface area contributed by atoms with E-state index in [0.29, 0.717) is 12.3 Å². The predicted molar refractivity (Wildman–Crippen MR) is 40.5 cm³/mol. The van der Waals surface area contributed by atoms with Crippen molar-refractivity contribution in [2.24, 2.45) is 5.92 Å². The summed E-state index contributed by atoms with van der Waals surface area (Å²) in [6.07, 6.45) is 1.35. The Bertz CT molecular complexity index is 112. The Morgan fingerprint density at radius 1 is 1.70 bits per heavy atom. The molecule has 0 saturated carbocycles. The molecule has 2 N–H and O–H groups in total. The molecule has 60 valence electrons. The van der Waals surface area contributed by atoms with Crippen LogP contribution in [0.1, 0.15) is 12.8 Å². The number of hydrogen-bond donors (Lipinski definition) is 2. The van der Waals surface area contributed by atoms with Gasteiger partial charge in [0.2, 0.25) is 0 Å². The van der Waals surface area contributed by atoms with Gasteiger partial charge in [0.15, 0.2) is 0 Å². The number of hydrogen-bond acceptors (Lipinski definition) is 2. The van der Waals surface area contributed by atoms with Crippen molar-refractivity contribution in [2.75, 3.05) is 13.1 Å². The lowest BCUT2D eigenvalue weighted by molar-refractivity contribution is -0.137. The van der Waals surface area contributed by atoms with Crippen molar-refractivity contribution < 1.29 is 9.90 Å². The molecule has 4 heteroatoms. The van der Waals surface area contributed by atoms with Crippen LogP contribution in [0.15, 0.2) is 0 Å². The number of halogens is 1. The monoisotopic (exact) mass is 165 g/mol. The van der Waals surface area contributed by atoms with Gasteiger partial charge in [-0.1, -0.05) is 0 Å². The SMILES string of the molecule is Cl.O=C(O)C[C@@H]1CCNC1. The smallest absolute Gasteiger partial charge is 0.303 e. The van der Waals surface area contributed by atoms with Crippen molar-refractivity contribution >= 4 is 18.4 Å². The molecule has 0 bridgehead atoms. The van der Waals surface area contributed by atoms with E-state index in [4.69, 9.17) is 5.11 Å². The zero-order chi connectivity index (χ0) is 6.69. The van der Waals surface area contributed by atoms with E-state index in [0.717, 1.165) is 19.5 Å². The van der Waals surface area contributed by atoms with Crippen LogP contribution < -0.4 is 5.32 Å². The van der Waals surface area contributed by atoms with Crippen LogP contribution in [0.2, 0.25) is 0 Å². The van der Waals surface area contributed by atoms with Crippen molar-refractivity contribution in [3.8, 4) is 0 Å². The largest absolute Gasteiger partial charge is 0.481 e. The summed E-state index contributed by atoms with van der Waals surface area (Å²) in [5, 5.41) is 11.5. The lowest BCUT2D eigenvalue weighted by Crippen LogP contribution is -2.11. The third kappa shape index (κ3) is 3.03. The minimum atomic E-state index is -0.677. The maximum Gasteiger partial charge on any atom is 0.303 e. The molecule has 1 aliphatic rings. The first-order valence-corrected chi connectivity index (χ1v) is 3.21. The summed E-state index contributed by atoms with van der Waals surface area (Å²) < 4.78 is 0. The molecular weight excluding hydrogens is 154 g/mol. The molecule has 1 heterocycles. The van der Waals surface area contributed by atoms with E-state index in [2.05, 4.69) is 5.32 Å². The average Bonchev–Trinajstić information content (AvgIpc) is 2.15. The van der Waals surface area contributed by atoms with Crippen molar-refractivity contribution in [2.45, 2.75) is 12.8 Å². The van der Waals surface area contributed by atoms with Gasteiger partial charge < -0.3 is 10.4 Å². The number of carboxylic acids is 1. The maximum absolute atomic E-state index is 10.1. The highest BCUT2D eigenvalue weighted by molar-refractivity contribution is 5.85. The number of rotatable bonds is 2. The van der Waals surface area contributed by atoms with Gasteiger partial charge in [0, 0.05) is 6.42 Å². The lowest BCUT2D eigenvalue weighted by atomic mass is 10.1. The summed E-state index contributed by atoms with van der Waals surface area (Å²) in [5.41, 5.74) is 0. The van der Waals surface area contributed by atoms with Crippen molar-refractivity contribution in [1.82, 2.24) is 5.32 Å². The summed E-state index contributed by atoms with van der Waals surface area (Å²) in [5.74, 6) is -0.300. The highest BCUT2D eigenvalue weighted by Gasteiger charge is 2.16. The van der Waals surface area contributed by atoms with E-state index in [1.54, 1.807) is 0 Å².